The second kappa shape index (κ2) is 2.68. The molecule has 2 rings (SSSR count). The average molecular weight is 151 g/mol. The molecule has 1 amide bonds. The van der Waals surface area contributed by atoms with Gasteiger partial charge < -0.3 is 5.32 Å². The van der Waals surface area contributed by atoms with Gasteiger partial charge in [-0.05, 0) is 25.7 Å². The fraction of sp³-hybridized carbons (Fsp3) is 0.667. The molecule has 11 heavy (non-hydrogen) atoms. The number of rotatable bonds is 0. The standard InChI is InChI=1S/C9H13NO/c11-9-7-5-3-1-2-4-6-8(7)10-9/h1-2,7-8H,3-6H2,(H,10,11)/t7-,8-/m1/s1. The first-order chi connectivity index (χ1) is 5.38. The SMILES string of the molecule is O=C1N[C@@H]2CCC=CCC[C@@H]12. The molecule has 2 atom stereocenters. The number of carbonyl (C=O) groups is 1. The van der Waals surface area contributed by atoms with Crippen LogP contribution in [-0.4, -0.2) is 11.9 Å². The monoisotopic (exact) mass is 151 g/mol. The molecule has 0 saturated carbocycles. The Morgan fingerprint density at radius 3 is 2.73 bits per heavy atom. The van der Waals surface area contributed by atoms with Gasteiger partial charge in [0.15, 0.2) is 0 Å². The molecular formula is C9H13NO. The predicted molar refractivity (Wildman–Crippen MR) is 43.0 cm³/mol. The third-order valence-corrected chi connectivity index (χ3v) is 2.61. The number of allylic oxidation sites excluding steroid dienone is 2. The smallest absolute Gasteiger partial charge is 0.225 e. The van der Waals surface area contributed by atoms with E-state index >= 15 is 0 Å². The number of fused-ring (bicyclic) bond motifs is 1. The molecule has 2 nitrogen and oxygen atoms in total. The van der Waals surface area contributed by atoms with Crippen LogP contribution in [0.2, 0.25) is 0 Å². The summed E-state index contributed by atoms with van der Waals surface area (Å²) in [6.45, 7) is 0. The van der Waals surface area contributed by atoms with Gasteiger partial charge in [-0.3, -0.25) is 4.79 Å². The summed E-state index contributed by atoms with van der Waals surface area (Å²) >= 11 is 0. The minimum absolute atomic E-state index is 0.269. The van der Waals surface area contributed by atoms with E-state index in [4.69, 9.17) is 0 Å². The molecule has 2 heteroatoms. The number of nitrogens with one attached hydrogen (secondary N) is 1. The Balaban J connectivity index is 2.00. The van der Waals surface area contributed by atoms with Gasteiger partial charge in [-0.2, -0.15) is 0 Å². The Morgan fingerprint density at radius 1 is 1.27 bits per heavy atom. The van der Waals surface area contributed by atoms with E-state index < -0.39 is 0 Å². The molecule has 0 unspecified atom stereocenters. The van der Waals surface area contributed by atoms with Crippen molar-refractivity contribution in [3.63, 3.8) is 0 Å². The molecule has 0 bridgehead atoms. The number of β-lactam (4-membered cyclic amide) rings is 1. The molecule has 0 aromatic heterocycles. The van der Waals surface area contributed by atoms with Crippen LogP contribution >= 0.6 is 0 Å². The van der Waals surface area contributed by atoms with Gasteiger partial charge in [0, 0.05) is 6.04 Å². The maximum atomic E-state index is 11.0. The van der Waals surface area contributed by atoms with Crippen LogP contribution in [0.25, 0.3) is 0 Å². The van der Waals surface area contributed by atoms with E-state index in [-0.39, 0.29) is 5.91 Å². The number of amides is 1. The van der Waals surface area contributed by atoms with Crippen LogP contribution in [0, 0.1) is 5.92 Å². The van der Waals surface area contributed by atoms with E-state index in [0.29, 0.717) is 12.0 Å². The first-order valence-electron chi connectivity index (χ1n) is 4.33. The topological polar surface area (TPSA) is 29.1 Å². The van der Waals surface area contributed by atoms with Crippen LogP contribution in [0.15, 0.2) is 12.2 Å². The largest absolute Gasteiger partial charge is 0.352 e. The summed E-state index contributed by atoms with van der Waals surface area (Å²) < 4.78 is 0. The van der Waals surface area contributed by atoms with Crippen LogP contribution in [0.3, 0.4) is 0 Å². The van der Waals surface area contributed by atoms with E-state index in [2.05, 4.69) is 17.5 Å². The van der Waals surface area contributed by atoms with Gasteiger partial charge >= 0.3 is 0 Å². The molecule has 1 N–H and O–H groups in total. The van der Waals surface area contributed by atoms with Crippen LogP contribution < -0.4 is 5.32 Å². The highest BCUT2D eigenvalue weighted by Crippen LogP contribution is 2.26. The lowest BCUT2D eigenvalue weighted by atomic mass is 9.82. The molecule has 0 aromatic carbocycles. The van der Waals surface area contributed by atoms with E-state index in [0.717, 1.165) is 25.7 Å². The summed E-state index contributed by atoms with van der Waals surface area (Å²) in [7, 11) is 0. The third-order valence-electron chi connectivity index (χ3n) is 2.61. The normalized spacial score (nSPS) is 36.2. The molecule has 1 aliphatic carbocycles. The molecular weight excluding hydrogens is 138 g/mol. The maximum absolute atomic E-state index is 11.0. The molecule has 60 valence electrons. The summed E-state index contributed by atoms with van der Waals surface area (Å²) in [5.74, 6) is 0.602. The van der Waals surface area contributed by atoms with Gasteiger partial charge in [-0.25, -0.2) is 0 Å². The molecule has 0 spiro atoms. The maximum Gasteiger partial charge on any atom is 0.225 e. The Kier molecular flexibility index (Phi) is 1.68. The quantitative estimate of drug-likeness (QED) is 0.409. The fourth-order valence-electron chi connectivity index (χ4n) is 1.87. The van der Waals surface area contributed by atoms with E-state index in [1.807, 2.05) is 0 Å². The van der Waals surface area contributed by atoms with Gasteiger partial charge in [0.25, 0.3) is 0 Å². The minimum atomic E-state index is 0.269. The first kappa shape index (κ1) is 6.89. The van der Waals surface area contributed by atoms with E-state index in [1.54, 1.807) is 0 Å². The van der Waals surface area contributed by atoms with Gasteiger partial charge in [-0.1, -0.05) is 12.2 Å². The molecule has 1 saturated heterocycles. The molecule has 1 aliphatic heterocycles. The van der Waals surface area contributed by atoms with Gasteiger partial charge in [0.2, 0.25) is 5.91 Å². The van der Waals surface area contributed by atoms with Crippen molar-refractivity contribution in [1.82, 2.24) is 5.32 Å². The lowest BCUT2D eigenvalue weighted by Gasteiger charge is -2.37. The van der Waals surface area contributed by atoms with Crippen LogP contribution in [0.5, 0.6) is 0 Å². The second-order valence-electron chi connectivity index (χ2n) is 3.35. The van der Waals surface area contributed by atoms with Crippen molar-refractivity contribution in [1.29, 1.82) is 0 Å². The summed E-state index contributed by atoms with van der Waals surface area (Å²) in [6, 6.07) is 0.493. The van der Waals surface area contributed by atoms with Crippen molar-refractivity contribution >= 4 is 5.91 Å². The highest BCUT2D eigenvalue weighted by atomic mass is 16.2. The zero-order valence-electron chi connectivity index (χ0n) is 6.55. The molecule has 0 radical (unpaired) electrons. The van der Waals surface area contributed by atoms with Crippen molar-refractivity contribution < 1.29 is 4.79 Å². The molecule has 0 aromatic rings. The van der Waals surface area contributed by atoms with Crippen molar-refractivity contribution in [2.75, 3.05) is 0 Å². The van der Waals surface area contributed by atoms with E-state index in [1.165, 1.54) is 0 Å². The third kappa shape index (κ3) is 1.17. The number of hydrogen-bond donors (Lipinski definition) is 1. The van der Waals surface area contributed by atoms with Crippen molar-refractivity contribution in [2.24, 2.45) is 5.92 Å². The Labute approximate surface area is 66.7 Å². The number of carbonyl (C=O) groups excluding carboxylic acids is 1. The van der Waals surface area contributed by atoms with Crippen molar-refractivity contribution in [3.8, 4) is 0 Å². The minimum Gasteiger partial charge on any atom is -0.352 e. The van der Waals surface area contributed by atoms with Gasteiger partial charge in [-0.15, -0.1) is 0 Å². The fourth-order valence-corrected chi connectivity index (χ4v) is 1.87. The van der Waals surface area contributed by atoms with Crippen LogP contribution in [0.4, 0.5) is 0 Å². The average Bonchev–Trinajstić information content (AvgIpc) is 1.96. The van der Waals surface area contributed by atoms with Crippen molar-refractivity contribution in [3.05, 3.63) is 12.2 Å². The molecule has 1 heterocycles. The van der Waals surface area contributed by atoms with Gasteiger partial charge in [0.1, 0.15) is 0 Å². The Bertz CT molecular complexity index is 198. The predicted octanol–water partition coefficient (Wildman–Crippen LogP) is 1.23. The summed E-state index contributed by atoms with van der Waals surface area (Å²) in [4.78, 5) is 11.0. The Morgan fingerprint density at radius 2 is 2.00 bits per heavy atom. The highest BCUT2D eigenvalue weighted by molar-refractivity contribution is 5.85. The van der Waals surface area contributed by atoms with E-state index in [9.17, 15) is 4.79 Å². The molecule has 1 fully saturated rings. The van der Waals surface area contributed by atoms with Gasteiger partial charge in [0.05, 0.1) is 5.92 Å². The highest BCUT2D eigenvalue weighted by Gasteiger charge is 2.37. The zero-order chi connectivity index (χ0) is 7.68. The van der Waals surface area contributed by atoms with Crippen LogP contribution in [0.1, 0.15) is 25.7 Å². The van der Waals surface area contributed by atoms with Crippen LogP contribution in [-0.2, 0) is 4.79 Å². The zero-order valence-corrected chi connectivity index (χ0v) is 6.55. The first-order valence-corrected chi connectivity index (χ1v) is 4.33. The summed E-state index contributed by atoms with van der Waals surface area (Å²) in [6.07, 6.45) is 8.80. The van der Waals surface area contributed by atoms with Crippen molar-refractivity contribution in [2.45, 2.75) is 31.7 Å². The lowest BCUT2D eigenvalue weighted by Crippen LogP contribution is -2.57. The molecule has 2 aliphatic rings. The summed E-state index contributed by atoms with van der Waals surface area (Å²) in [5, 5.41) is 2.94. The number of hydrogen-bond acceptors (Lipinski definition) is 1. The second-order valence-corrected chi connectivity index (χ2v) is 3.35. The summed E-state index contributed by atoms with van der Waals surface area (Å²) in [5.41, 5.74) is 0. The lowest BCUT2D eigenvalue weighted by molar-refractivity contribution is -0.135. The Hall–Kier alpha value is -0.790.